The van der Waals surface area contributed by atoms with E-state index in [2.05, 4.69) is 10.6 Å². The number of furan rings is 1. The molecule has 0 atom stereocenters. The number of likely N-dealkylation sites (tertiary alicyclic amines) is 1. The molecule has 0 saturated carbocycles. The standard InChI is InChI=1S/C21H29N5O3/c1-28-18-6-4-16(5-7-18)15-24-21(23-11-8-19-3-2-14-29-19)25-17-9-12-26(13-10-17)20(22)27/h2-7,14,17H,8-13,15H2,1H3,(H2,22,27)(H2,23,24,25). The minimum Gasteiger partial charge on any atom is -0.497 e. The van der Waals surface area contributed by atoms with Crippen LogP contribution in [0.1, 0.15) is 24.2 Å². The van der Waals surface area contributed by atoms with Crippen molar-refractivity contribution >= 4 is 12.0 Å². The first-order valence-electron chi connectivity index (χ1n) is 9.88. The summed E-state index contributed by atoms with van der Waals surface area (Å²) in [5.41, 5.74) is 6.47. The number of aliphatic imine (C=N–C) groups is 1. The van der Waals surface area contributed by atoms with Gasteiger partial charge in [-0.15, -0.1) is 0 Å². The monoisotopic (exact) mass is 399 g/mol. The minimum absolute atomic E-state index is 0.247. The molecule has 1 aromatic carbocycles. The molecule has 0 aliphatic carbocycles. The van der Waals surface area contributed by atoms with E-state index in [0.29, 0.717) is 26.2 Å². The van der Waals surface area contributed by atoms with Crippen molar-refractivity contribution in [2.45, 2.75) is 31.8 Å². The Balaban J connectivity index is 1.58. The van der Waals surface area contributed by atoms with Gasteiger partial charge >= 0.3 is 6.03 Å². The van der Waals surface area contributed by atoms with Crippen LogP contribution in [0.15, 0.2) is 52.1 Å². The molecule has 0 bridgehead atoms. The molecule has 0 spiro atoms. The minimum atomic E-state index is -0.353. The number of primary amides is 1. The lowest BCUT2D eigenvalue weighted by Crippen LogP contribution is -2.51. The van der Waals surface area contributed by atoms with E-state index in [0.717, 1.165) is 42.3 Å². The normalized spacial score (nSPS) is 15.2. The molecule has 1 fully saturated rings. The molecule has 0 radical (unpaired) electrons. The molecular formula is C21H29N5O3. The van der Waals surface area contributed by atoms with E-state index in [1.807, 2.05) is 36.4 Å². The number of methoxy groups -OCH3 is 1. The number of urea groups is 1. The summed E-state index contributed by atoms with van der Waals surface area (Å²) in [7, 11) is 1.65. The van der Waals surface area contributed by atoms with Gasteiger partial charge in [0.15, 0.2) is 5.96 Å². The van der Waals surface area contributed by atoms with Crippen molar-refractivity contribution in [3.05, 3.63) is 54.0 Å². The van der Waals surface area contributed by atoms with E-state index in [4.69, 9.17) is 19.9 Å². The van der Waals surface area contributed by atoms with Gasteiger partial charge in [-0.25, -0.2) is 9.79 Å². The molecule has 1 saturated heterocycles. The van der Waals surface area contributed by atoms with Crippen molar-refractivity contribution in [2.75, 3.05) is 26.7 Å². The average molecular weight is 399 g/mol. The Hall–Kier alpha value is -3.16. The number of nitrogens with two attached hydrogens (primary N) is 1. The second-order valence-electron chi connectivity index (χ2n) is 7.01. The van der Waals surface area contributed by atoms with Gasteiger partial charge in [0.2, 0.25) is 0 Å². The number of carbonyl (C=O) groups is 1. The van der Waals surface area contributed by atoms with Crippen LogP contribution in [0.2, 0.25) is 0 Å². The van der Waals surface area contributed by atoms with Gasteiger partial charge in [-0.3, -0.25) is 0 Å². The zero-order valence-electron chi connectivity index (χ0n) is 16.8. The largest absolute Gasteiger partial charge is 0.497 e. The topological polar surface area (TPSA) is 105 Å². The maximum absolute atomic E-state index is 11.3. The molecule has 29 heavy (non-hydrogen) atoms. The fourth-order valence-electron chi connectivity index (χ4n) is 3.25. The Labute approximate surface area is 171 Å². The van der Waals surface area contributed by atoms with Gasteiger partial charge in [0.05, 0.1) is 19.9 Å². The fourth-order valence-corrected chi connectivity index (χ4v) is 3.25. The molecule has 1 aromatic heterocycles. The number of nitrogens with zero attached hydrogens (tertiary/aromatic N) is 2. The Morgan fingerprint density at radius 1 is 1.28 bits per heavy atom. The van der Waals surface area contributed by atoms with Crippen LogP contribution in [0, 0.1) is 0 Å². The third-order valence-corrected chi connectivity index (χ3v) is 4.97. The third kappa shape index (κ3) is 6.44. The first-order chi connectivity index (χ1) is 14.1. The quantitative estimate of drug-likeness (QED) is 0.489. The van der Waals surface area contributed by atoms with Crippen molar-refractivity contribution in [2.24, 2.45) is 10.7 Å². The Morgan fingerprint density at radius 3 is 2.66 bits per heavy atom. The van der Waals surface area contributed by atoms with E-state index in [1.54, 1.807) is 18.3 Å². The van der Waals surface area contributed by atoms with Crippen molar-refractivity contribution in [1.82, 2.24) is 15.5 Å². The van der Waals surface area contributed by atoms with Gasteiger partial charge in [-0.05, 0) is 42.7 Å². The zero-order valence-corrected chi connectivity index (χ0v) is 16.8. The highest BCUT2D eigenvalue weighted by Crippen LogP contribution is 2.13. The van der Waals surface area contributed by atoms with Crippen LogP contribution in [-0.2, 0) is 13.0 Å². The molecule has 8 nitrogen and oxygen atoms in total. The summed E-state index contributed by atoms with van der Waals surface area (Å²) in [5, 5.41) is 6.87. The lowest BCUT2D eigenvalue weighted by Gasteiger charge is -2.32. The summed E-state index contributed by atoms with van der Waals surface area (Å²) in [6.07, 6.45) is 4.13. The molecule has 2 amide bonds. The maximum atomic E-state index is 11.3. The predicted octanol–water partition coefficient (Wildman–Crippen LogP) is 2.11. The van der Waals surface area contributed by atoms with Crippen molar-refractivity contribution in [3.8, 4) is 5.75 Å². The lowest BCUT2D eigenvalue weighted by molar-refractivity contribution is 0.188. The Kier molecular flexibility index (Phi) is 7.38. The van der Waals surface area contributed by atoms with Crippen molar-refractivity contribution in [1.29, 1.82) is 0 Å². The molecule has 156 valence electrons. The molecule has 8 heteroatoms. The molecule has 0 unspecified atom stereocenters. The summed E-state index contributed by atoms with van der Waals surface area (Å²) in [6.45, 7) is 2.58. The van der Waals surface area contributed by atoms with E-state index in [-0.39, 0.29) is 12.1 Å². The molecule has 1 aliphatic heterocycles. The van der Waals surface area contributed by atoms with E-state index in [9.17, 15) is 4.79 Å². The number of rotatable bonds is 7. The highest BCUT2D eigenvalue weighted by molar-refractivity contribution is 5.80. The highest BCUT2D eigenvalue weighted by Gasteiger charge is 2.21. The first-order valence-corrected chi connectivity index (χ1v) is 9.88. The fraction of sp³-hybridized carbons (Fsp3) is 0.429. The Morgan fingerprint density at radius 2 is 2.03 bits per heavy atom. The number of carbonyl (C=O) groups excluding carboxylic acids is 1. The van der Waals surface area contributed by atoms with Crippen LogP contribution in [0.3, 0.4) is 0 Å². The van der Waals surface area contributed by atoms with Crippen LogP contribution in [0.25, 0.3) is 0 Å². The number of hydrogen-bond donors (Lipinski definition) is 3. The summed E-state index contributed by atoms with van der Waals surface area (Å²) in [5.74, 6) is 2.51. The number of guanidine groups is 1. The molecule has 3 rings (SSSR count). The number of nitrogens with one attached hydrogen (secondary N) is 2. The van der Waals surface area contributed by atoms with Gasteiger partial charge in [0.25, 0.3) is 0 Å². The van der Waals surface area contributed by atoms with Crippen LogP contribution in [0.4, 0.5) is 4.79 Å². The first kappa shape index (κ1) is 20.6. The van der Waals surface area contributed by atoms with Crippen LogP contribution in [0.5, 0.6) is 5.75 Å². The SMILES string of the molecule is COc1ccc(CN=C(NCCc2ccco2)NC2CCN(C(N)=O)CC2)cc1. The molecule has 4 N–H and O–H groups in total. The second kappa shape index (κ2) is 10.4. The number of amides is 2. The zero-order chi connectivity index (χ0) is 20.5. The molecular weight excluding hydrogens is 370 g/mol. The number of piperidine rings is 1. The van der Waals surface area contributed by atoms with E-state index >= 15 is 0 Å². The van der Waals surface area contributed by atoms with Gasteiger partial charge in [-0.1, -0.05) is 12.1 Å². The van der Waals surface area contributed by atoms with Crippen LogP contribution < -0.4 is 21.1 Å². The van der Waals surface area contributed by atoms with Crippen molar-refractivity contribution < 1.29 is 13.9 Å². The van der Waals surface area contributed by atoms with Gasteiger partial charge in [0.1, 0.15) is 11.5 Å². The summed E-state index contributed by atoms with van der Waals surface area (Å²) in [4.78, 5) is 17.7. The number of benzene rings is 1. The molecule has 1 aliphatic rings. The second-order valence-corrected chi connectivity index (χ2v) is 7.01. The summed E-state index contributed by atoms with van der Waals surface area (Å²) >= 11 is 0. The van der Waals surface area contributed by atoms with Gasteiger partial charge in [-0.2, -0.15) is 0 Å². The third-order valence-electron chi connectivity index (χ3n) is 4.97. The average Bonchev–Trinajstić information content (AvgIpc) is 3.26. The highest BCUT2D eigenvalue weighted by atomic mass is 16.5. The number of hydrogen-bond acceptors (Lipinski definition) is 4. The lowest BCUT2D eigenvalue weighted by atomic mass is 10.1. The smallest absolute Gasteiger partial charge is 0.314 e. The van der Waals surface area contributed by atoms with Gasteiger partial charge < -0.3 is 30.4 Å². The van der Waals surface area contributed by atoms with Gasteiger partial charge in [0, 0.05) is 32.1 Å². The van der Waals surface area contributed by atoms with E-state index in [1.165, 1.54) is 0 Å². The van der Waals surface area contributed by atoms with Crippen LogP contribution >= 0.6 is 0 Å². The summed E-state index contributed by atoms with van der Waals surface area (Å²) in [6, 6.07) is 11.6. The maximum Gasteiger partial charge on any atom is 0.314 e. The molecule has 2 heterocycles. The van der Waals surface area contributed by atoms with Crippen LogP contribution in [-0.4, -0.2) is 49.7 Å². The van der Waals surface area contributed by atoms with Crippen molar-refractivity contribution in [3.63, 3.8) is 0 Å². The molecule has 2 aromatic rings. The van der Waals surface area contributed by atoms with E-state index < -0.39 is 0 Å². The number of ether oxygens (including phenoxy) is 1. The Bertz CT molecular complexity index is 781. The summed E-state index contributed by atoms with van der Waals surface area (Å²) < 4.78 is 10.6. The predicted molar refractivity (Wildman–Crippen MR) is 112 cm³/mol.